The lowest BCUT2D eigenvalue weighted by molar-refractivity contribution is 0.125. The molecule has 0 N–H and O–H groups in total. The number of ether oxygens (including phenoxy) is 2. The Balaban J connectivity index is 1.19. The normalized spacial score (nSPS) is 12.2. The summed E-state index contributed by atoms with van der Waals surface area (Å²) >= 11 is 0. The Morgan fingerprint density at radius 1 is 0.370 bits per heavy atom. The van der Waals surface area contributed by atoms with Gasteiger partial charge < -0.3 is 14.0 Å². The van der Waals surface area contributed by atoms with Crippen LogP contribution in [0.4, 0.5) is 0 Å². The molecular weight excluding hydrogens is 562 g/mol. The van der Waals surface area contributed by atoms with E-state index in [-0.39, 0.29) is 6.79 Å². The number of benzene rings is 7. The van der Waals surface area contributed by atoms with Crippen molar-refractivity contribution < 1.29 is 9.47 Å². The van der Waals surface area contributed by atoms with E-state index in [1.54, 1.807) is 0 Å². The van der Waals surface area contributed by atoms with Crippen LogP contribution in [0.25, 0.3) is 72.0 Å². The number of aromatic nitrogens is 1. The maximum atomic E-state index is 6.26. The second-order valence-corrected chi connectivity index (χ2v) is 11.7. The van der Waals surface area contributed by atoms with Crippen LogP contribution < -0.4 is 9.47 Å². The Hall–Kier alpha value is -6.06. The highest BCUT2D eigenvalue weighted by atomic mass is 16.7. The molecule has 0 unspecified atom stereocenters. The van der Waals surface area contributed by atoms with E-state index < -0.39 is 0 Å². The van der Waals surface area contributed by atoms with Gasteiger partial charge in [-0.05, 0) is 88.0 Å². The molecule has 0 bridgehead atoms. The van der Waals surface area contributed by atoms with Crippen LogP contribution in [0.15, 0.2) is 164 Å². The molecule has 1 aliphatic heterocycles. The number of rotatable bonds is 4. The first kappa shape index (κ1) is 26.4. The Morgan fingerprint density at radius 3 is 1.54 bits per heavy atom. The molecule has 1 aliphatic rings. The number of hydrogen-bond acceptors (Lipinski definition) is 2. The van der Waals surface area contributed by atoms with Crippen LogP contribution in [0.1, 0.15) is 0 Å². The van der Waals surface area contributed by atoms with Crippen molar-refractivity contribution in [3.8, 4) is 61.7 Å². The molecule has 218 valence electrons. The van der Waals surface area contributed by atoms with E-state index in [1.165, 1.54) is 44.1 Å². The molecule has 0 atom stereocenters. The van der Waals surface area contributed by atoms with Gasteiger partial charge in [-0.25, -0.2) is 0 Å². The zero-order chi connectivity index (χ0) is 30.5. The first-order valence-corrected chi connectivity index (χ1v) is 15.6. The van der Waals surface area contributed by atoms with Crippen molar-refractivity contribution in [2.75, 3.05) is 6.79 Å². The molecule has 0 saturated heterocycles. The number of hydrogen-bond donors (Lipinski definition) is 0. The van der Waals surface area contributed by atoms with Crippen molar-refractivity contribution in [1.29, 1.82) is 0 Å². The minimum Gasteiger partial charge on any atom is -0.457 e. The molecule has 3 nitrogen and oxygen atoms in total. The minimum absolute atomic E-state index is 0.150. The summed E-state index contributed by atoms with van der Waals surface area (Å²) in [5.41, 5.74) is 12.4. The van der Waals surface area contributed by atoms with E-state index in [0.29, 0.717) is 0 Å². The van der Waals surface area contributed by atoms with Crippen molar-refractivity contribution in [2.45, 2.75) is 0 Å². The predicted octanol–water partition coefficient (Wildman–Crippen LogP) is 11.2. The number of fused-ring (bicyclic) bond motifs is 6. The van der Waals surface area contributed by atoms with Gasteiger partial charge in [0.05, 0.1) is 11.0 Å². The van der Waals surface area contributed by atoms with E-state index in [2.05, 4.69) is 168 Å². The van der Waals surface area contributed by atoms with E-state index in [4.69, 9.17) is 9.47 Å². The largest absolute Gasteiger partial charge is 0.457 e. The van der Waals surface area contributed by atoms with Gasteiger partial charge in [0.2, 0.25) is 6.79 Å². The smallest absolute Gasteiger partial charge is 0.230 e. The third-order valence-electron chi connectivity index (χ3n) is 8.98. The molecule has 1 aromatic heterocycles. The summed E-state index contributed by atoms with van der Waals surface area (Å²) in [5.74, 6) is 1.62. The minimum atomic E-state index is 0.150. The summed E-state index contributed by atoms with van der Waals surface area (Å²) in [5, 5.41) is 2.47. The van der Waals surface area contributed by atoms with Crippen molar-refractivity contribution in [1.82, 2.24) is 4.57 Å². The van der Waals surface area contributed by atoms with Crippen molar-refractivity contribution in [2.24, 2.45) is 0 Å². The fourth-order valence-corrected chi connectivity index (χ4v) is 6.78. The van der Waals surface area contributed by atoms with E-state index in [9.17, 15) is 0 Å². The summed E-state index contributed by atoms with van der Waals surface area (Å²) in [6, 6.07) is 58.1. The molecule has 2 heterocycles. The van der Waals surface area contributed by atoms with Gasteiger partial charge in [-0.1, -0.05) is 103 Å². The molecule has 0 fully saturated rings. The molecule has 0 spiro atoms. The monoisotopic (exact) mass is 591 g/mol. The third kappa shape index (κ3) is 4.44. The summed E-state index contributed by atoms with van der Waals surface area (Å²) in [6.45, 7) is 0.150. The van der Waals surface area contributed by atoms with Gasteiger partial charge in [0.25, 0.3) is 0 Å². The summed E-state index contributed by atoms with van der Waals surface area (Å²) in [4.78, 5) is 0. The Kier molecular flexibility index (Phi) is 6.20. The van der Waals surface area contributed by atoms with Crippen LogP contribution in [0.2, 0.25) is 0 Å². The number of para-hydroxylation sites is 2. The highest BCUT2D eigenvalue weighted by molar-refractivity contribution is 6.09. The van der Waals surface area contributed by atoms with E-state index in [1.807, 2.05) is 0 Å². The van der Waals surface area contributed by atoms with Crippen molar-refractivity contribution >= 4 is 21.8 Å². The summed E-state index contributed by atoms with van der Waals surface area (Å²) in [6.07, 6.45) is 0. The van der Waals surface area contributed by atoms with Gasteiger partial charge in [0.1, 0.15) is 11.5 Å². The molecule has 9 rings (SSSR count). The van der Waals surface area contributed by atoms with Gasteiger partial charge in [-0.2, -0.15) is 0 Å². The molecule has 7 aromatic carbocycles. The highest BCUT2D eigenvalue weighted by Crippen LogP contribution is 2.44. The van der Waals surface area contributed by atoms with Gasteiger partial charge in [0.15, 0.2) is 0 Å². The van der Waals surface area contributed by atoms with Crippen LogP contribution in [0.3, 0.4) is 0 Å². The molecule has 0 aliphatic carbocycles. The van der Waals surface area contributed by atoms with E-state index >= 15 is 0 Å². The Bertz CT molecular complexity index is 2280. The van der Waals surface area contributed by atoms with Crippen LogP contribution in [-0.4, -0.2) is 11.4 Å². The Labute approximate surface area is 267 Å². The molecule has 0 saturated carbocycles. The van der Waals surface area contributed by atoms with Gasteiger partial charge in [-0.3, -0.25) is 0 Å². The van der Waals surface area contributed by atoms with Crippen LogP contribution in [-0.2, 0) is 0 Å². The van der Waals surface area contributed by atoms with Crippen LogP contribution in [0, 0.1) is 0 Å². The predicted molar refractivity (Wildman–Crippen MR) is 189 cm³/mol. The molecule has 3 heteroatoms. The summed E-state index contributed by atoms with van der Waals surface area (Å²) < 4.78 is 14.7. The third-order valence-corrected chi connectivity index (χ3v) is 8.98. The zero-order valence-corrected chi connectivity index (χ0v) is 25.1. The first-order chi connectivity index (χ1) is 22.8. The van der Waals surface area contributed by atoms with E-state index in [0.717, 1.165) is 39.4 Å². The first-order valence-electron chi connectivity index (χ1n) is 15.6. The fraction of sp³-hybridized carbons (Fsp3) is 0.0233. The fourth-order valence-electron chi connectivity index (χ4n) is 6.78. The van der Waals surface area contributed by atoms with Gasteiger partial charge in [0, 0.05) is 33.7 Å². The molecule has 8 aromatic rings. The second-order valence-electron chi connectivity index (χ2n) is 11.7. The van der Waals surface area contributed by atoms with Gasteiger partial charge >= 0.3 is 0 Å². The highest BCUT2D eigenvalue weighted by Gasteiger charge is 2.20. The maximum Gasteiger partial charge on any atom is 0.230 e. The lowest BCUT2D eigenvalue weighted by Crippen LogP contribution is -2.04. The zero-order valence-electron chi connectivity index (χ0n) is 25.1. The van der Waals surface area contributed by atoms with Crippen molar-refractivity contribution in [3.05, 3.63) is 164 Å². The quantitative estimate of drug-likeness (QED) is 0.203. The maximum absolute atomic E-state index is 6.26. The lowest BCUT2D eigenvalue weighted by Gasteiger charge is -2.14. The molecule has 0 amide bonds. The van der Waals surface area contributed by atoms with Crippen LogP contribution >= 0.6 is 0 Å². The standard InChI is InChI=1S/C43H29NO2/c1-3-11-29(12-4-1)32-23-33(30-13-5-2-6-14-30)25-34(24-32)31-19-22-42-39(26-31)38-21-20-35(27-43(38)46-28-45-42)44-40-17-9-7-15-36(40)37-16-8-10-18-41(37)44/h1-27H,28H2. The average Bonchev–Trinajstić information content (AvgIpc) is 3.35. The number of nitrogens with zero attached hydrogens (tertiary/aromatic N) is 1. The Morgan fingerprint density at radius 2 is 0.913 bits per heavy atom. The topological polar surface area (TPSA) is 23.4 Å². The second kappa shape index (κ2) is 10.8. The molecular formula is C43H29NO2. The molecule has 0 radical (unpaired) electrons. The van der Waals surface area contributed by atoms with Gasteiger partial charge in [-0.15, -0.1) is 0 Å². The molecule has 46 heavy (non-hydrogen) atoms. The lowest BCUT2D eigenvalue weighted by atomic mass is 9.91. The van der Waals surface area contributed by atoms with Crippen LogP contribution in [0.5, 0.6) is 11.5 Å². The summed E-state index contributed by atoms with van der Waals surface area (Å²) in [7, 11) is 0. The average molecular weight is 592 g/mol. The SMILES string of the molecule is c1ccc(-c2cc(-c3ccccc3)cc(-c3ccc4c(c3)-c3ccc(-n5c6ccccc6c6ccccc65)cc3OCO4)c2)cc1. The van der Waals surface area contributed by atoms with Crippen molar-refractivity contribution in [3.63, 3.8) is 0 Å².